The first-order valence-corrected chi connectivity index (χ1v) is 10.7. The van der Waals surface area contributed by atoms with Crippen LogP contribution < -0.4 is 14.4 Å². The number of ether oxygens (including phenoxy) is 1. The van der Waals surface area contributed by atoms with Gasteiger partial charge in [-0.1, -0.05) is 6.07 Å². The van der Waals surface area contributed by atoms with E-state index in [1.165, 1.54) is 11.4 Å². The number of aryl methyl sites for hydroxylation is 1. The van der Waals surface area contributed by atoms with E-state index in [9.17, 15) is 13.2 Å². The second-order valence-electron chi connectivity index (χ2n) is 5.95. The Labute approximate surface area is 167 Å². The number of hydrogen-bond acceptors (Lipinski definition) is 6. The number of hydrogen-bond donors (Lipinski definition) is 1. The van der Waals surface area contributed by atoms with Crippen LogP contribution in [-0.2, 0) is 14.8 Å². The first kappa shape index (κ1) is 19.8. The Bertz CT molecular complexity index is 1050. The van der Waals surface area contributed by atoms with Gasteiger partial charge in [-0.05, 0) is 60.3 Å². The number of rotatable bonds is 7. The smallest absolute Gasteiger partial charge is 0.273 e. The summed E-state index contributed by atoms with van der Waals surface area (Å²) in [7, 11) is -2.09. The molecule has 28 heavy (non-hydrogen) atoms. The number of carbonyl (C=O) groups excluding carboxylic acids is 1. The Balaban J connectivity index is 1.59. The van der Waals surface area contributed by atoms with Gasteiger partial charge in [0.2, 0.25) is 0 Å². The standard InChI is InChI=1S/C19H19N3O4S2/c1-14-9-10-20-17(12-14)21-18(23)13-26-16-7-5-15(6-8-16)22(2)28(24,25)19-4-3-11-27-19/h3-12H,13H2,1-2H3,(H,20,21,23). The van der Waals surface area contributed by atoms with Crippen LogP contribution in [0.25, 0.3) is 0 Å². The SMILES string of the molecule is Cc1ccnc(NC(=O)COc2ccc(N(C)S(=O)(=O)c3cccs3)cc2)c1. The van der Waals surface area contributed by atoms with E-state index < -0.39 is 10.0 Å². The van der Waals surface area contributed by atoms with E-state index in [1.54, 1.807) is 54.0 Å². The summed E-state index contributed by atoms with van der Waals surface area (Å²) in [5.74, 6) is 0.585. The molecule has 0 aliphatic carbocycles. The molecule has 7 nitrogen and oxygen atoms in total. The van der Waals surface area contributed by atoms with E-state index in [2.05, 4.69) is 10.3 Å². The van der Waals surface area contributed by atoms with Gasteiger partial charge in [-0.25, -0.2) is 13.4 Å². The molecule has 1 amide bonds. The predicted molar refractivity (Wildman–Crippen MR) is 109 cm³/mol. The molecule has 1 N–H and O–H groups in total. The third-order valence-corrected chi connectivity index (χ3v) is 7.02. The number of benzene rings is 1. The maximum absolute atomic E-state index is 12.5. The summed E-state index contributed by atoms with van der Waals surface area (Å²) < 4.78 is 32.0. The minimum Gasteiger partial charge on any atom is -0.484 e. The molecule has 9 heteroatoms. The Morgan fingerprint density at radius 1 is 1.21 bits per heavy atom. The molecule has 0 unspecified atom stereocenters. The van der Waals surface area contributed by atoms with Crippen molar-refractivity contribution in [2.45, 2.75) is 11.1 Å². The Morgan fingerprint density at radius 3 is 2.61 bits per heavy atom. The summed E-state index contributed by atoms with van der Waals surface area (Å²) in [5.41, 5.74) is 1.48. The maximum atomic E-state index is 12.5. The Morgan fingerprint density at radius 2 is 1.96 bits per heavy atom. The van der Waals surface area contributed by atoms with Crippen LogP contribution in [0.1, 0.15) is 5.56 Å². The molecule has 146 valence electrons. The number of amides is 1. The molecular formula is C19H19N3O4S2. The topological polar surface area (TPSA) is 88.6 Å². The molecule has 2 aromatic heterocycles. The number of aromatic nitrogens is 1. The van der Waals surface area contributed by atoms with Crippen molar-refractivity contribution in [3.05, 3.63) is 65.7 Å². The molecule has 2 heterocycles. The lowest BCUT2D eigenvalue weighted by Crippen LogP contribution is -2.25. The number of sulfonamides is 1. The zero-order valence-electron chi connectivity index (χ0n) is 15.3. The van der Waals surface area contributed by atoms with Gasteiger partial charge in [0.25, 0.3) is 15.9 Å². The number of thiophene rings is 1. The van der Waals surface area contributed by atoms with Crippen LogP contribution in [0.3, 0.4) is 0 Å². The molecule has 0 aliphatic heterocycles. The third-order valence-electron chi connectivity index (χ3n) is 3.86. The summed E-state index contributed by atoms with van der Waals surface area (Å²) in [5, 5.41) is 4.37. The largest absolute Gasteiger partial charge is 0.484 e. The van der Waals surface area contributed by atoms with E-state index in [0.717, 1.165) is 16.9 Å². The Hall–Kier alpha value is -2.91. The monoisotopic (exact) mass is 417 g/mol. The zero-order chi connectivity index (χ0) is 20.1. The van der Waals surface area contributed by atoms with Gasteiger partial charge in [0, 0.05) is 13.2 Å². The van der Waals surface area contributed by atoms with E-state index in [1.807, 2.05) is 13.0 Å². The van der Waals surface area contributed by atoms with Crippen molar-refractivity contribution in [2.75, 3.05) is 23.3 Å². The zero-order valence-corrected chi connectivity index (χ0v) is 17.0. The average molecular weight is 418 g/mol. The highest BCUT2D eigenvalue weighted by atomic mass is 32.2. The molecule has 0 saturated heterocycles. The van der Waals surface area contributed by atoms with Crippen LogP contribution >= 0.6 is 11.3 Å². The van der Waals surface area contributed by atoms with Crippen molar-refractivity contribution >= 4 is 38.8 Å². The molecule has 0 spiro atoms. The third kappa shape index (κ3) is 4.68. The molecule has 3 aromatic rings. The molecule has 0 radical (unpaired) electrons. The molecule has 0 aliphatic rings. The van der Waals surface area contributed by atoms with Gasteiger partial charge in [-0.15, -0.1) is 11.3 Å². The highest BCUT2D eigenvalue weighted by molar-refractivity contribution is 7.94. The van der Waals surface area contributed by atoms with Gasteiger partial charge in [-0.3, -0.25) is 9.10 Å². The second-order valence-corrected chi connectivity index (χ2v) is 9.10. The summed E-state index contributed by atoms with van der Waals surface area (Å²) in [6.07, 6.45) is 1.62. The first-order valence-electron chi connectivity index (χ1n) is 8.34. The van der Waals surface area contributed by atoms with Crippen LogP contribution in [0.15, 0.2) is 64.3 Å². The number of anilines is 2. The quantitative estimate of drug-likeness (QED) is 0.637. The van der Waals surface area contributed by atoms with Gasteiger partial charge in [0.05, 0.1) is 5.69 Å². The van der Waals surface area contributed by atoms with Crippen molar-refractivity contribution in [3.8, 4) is 5.75 Å². The van der Waals surface area contributed by atoms with E-state index in [4.69, 9.17) is 4.74 Å². The highest BCUT2D eigenvalue weighted by Crippen LogP contribution is 2.26. The summed E-state index contributed by atoms with van der Waals surface area (Å²) in [6.45, 7) is 1.73. The van der Waals surface area contributed by atoms with E-state index >= 15 is 0 Å². The van der Waals surface area contributed by atoms with Crippen molar-refractivity contribution in [3.63, 3.8) is 0 Å². The van der Waals surface area contributed by atoms with Crippen molar-refractivity contribution in [1.29, 1.82) is 0 Å². The van der Waals surface area contributed by atoms with Gasteiger partial charge >= 0.3 is 0 Å². The fraction of sp³-hybridized carbons (Fsp3) is 0.158. The number of nitrogens with one attached hydrogen (secondary N) is 1. The summed E-state index contributed by atoms with van der Waals surface area (Å²) in [4.78, 5) is 16.0. The molecule has 3 rings (SSSR count). The fourth-order valence-corrected chi connectivity index (χ4v) is 4.73. The predicted octanol–water partition coefficient (Wildman–Crippen LogP) is 3.29. The highest BCUT2D eigenvalue weighted by Gasteiger charge is 2.22. The van der Waals surface area contributed by atoms with Crippen LogP contribution in [-0.4, -0.2) is 33.0 Å². The Kier molecular flexibility index (Phi) is 5.96. The van der Waals surface area contributed by atoms with E-state index in [-0.39, 0.29) is 16.7 Å². The molecule has 0 fully saturated rings. The van der Waals surface area contributed by atoms with E-state index in [0.29, 0.717) is 17.3 Å². The van der Waals surface area contributed by atoms with Crippen LogP contribution in [0.2, 0.25) is 0 Å². The molecule has 0 bridgehead atoms. The van der Waals surface area contributed by atoms with Crippen molar-refractivity contribution < 1.29 is 17.9 Å². The molecule has 1 aromatic carbocycles. The average Bonchev–Trinajstić information content (AvgIpc) is 3.22. The normalized spacial score (nSPS) is 11.1. The van der Waals surface area contributed by atoms with Crippen LogP contribution in [0, 0.1) is 6.92 Å². The fourth-order valence-electron chi connectivity index (χ4n) is 2.37. The van der Waals surface area contributed by atoms with Crippen molar-refractivity contribution in [1.82, 2.24) is 4.98 Å². The van der Waals surface area contributed by atoms with Gasteiger partial charge in [0.15, 0.2) is 6.61 Å². The lowest BCUT2D eigenvalue weighted by atomic mass is 10.3. The van der Waals surface area contributed by atoms with Gasteiger partial charge in [0.1, 0.15) is 15.8 Å². The minimum absolute atomic E-state index is 0.182. The second kappa shape index (κ2) is 8.41. The maximum Gasteiger partial charge on any atom is 0.273 e. The van der Waals surface area contributed by atoms with Crippen LogP contribution in [0.4, 0.5) is 11.5 Å². The van der Waals surface area contributed by atoms with Crippen LogP contribution in [0.5, 0.6) is 5.75 Å². The molecule has 0 saturated carbocycles. The number of pyridine rings is 1. The van der Waals surface area contributed by atoms with Gasteiger partial charge in [-0.2, -0.15) is 0 Å². The van der Waals surface area contributed by atoms with Gasteiger partial charge < -0.3 is 10.1 Å². The lowest BCUT2D eigenvalue weighted by Gasteiger charge is -2.18. The van der Waals surface area contributed by atoms with Crippen molar-refractivity contribution in [2.24, 2.45) is 0 Å². The lowest BCUT2D eigenvalue weighted by molar-refractivity contribution is -0.118. The first-order chi connectivity index (χ1) is 13.4. The summed E-state index contributed by atoms with van der Waals surface area (Å²) >= 11 is 1.16. The minimum atomic E-state index is -3.59. The number of nitrogens with zero attached hydrogens (tertiary/aromatic N) is 2. The summed E-state index contributed by atoms with van der Waals surface area (Å²) in [6, 6.07) is 13.3. The molecular weight excluding hydrogens is 398 g/mol. The number of carbonyl (C=O) groups is 1. The molecule has 0 atom stereocenters.